The van der Waals surface area contributed by atoms with Crippen molar-refractivity contribution in [3.8, 4) is 0 Å². The van der Waals surface area contributed by atoms with E-state index < -0.39 is 0 Å². The zero-order valence-electron chi connectivity index (χ0n) is 26.0. The Morgan fingerprint density at radius 1 is 0.525 bits per heavy atom. The predicted octanol–water partition coefficient (Wildman–Crippen LogP) is 11.0. The highest BCUT2D eigenvalue weighted by Gasteiger charge is 2.17. The van der Waals surface area contributed by atoms with Gasteiger partial charge in [-0.15, -0.1) is 0 Å². The summed E-state index contributed by atoms with van der Waals surface area (Å²) in [5.41, 5.74) is 12.1. The molecular formula is C37H45N3. The lowest BCUT2D eigenvalue weighted by Crippen LogP contribution is -2.04. The van der Waals surface area contributed by atoms with Crippen LogP contribution in [-0.2, 0) is 0 Å². The minimum atomic E-state index is 0.393. The number of nitrogens with zero attached hydrogens (tertiary/aromatic N) is 3. The van der Waals surface area contributed by atoms with Crippen molar-refractivity contribution >= 4 is 33.7 Å². The molecule has 0 amide bonds. The minimum absolute atomic E-state index is 0.393. The van der Waals surface area contributed by atoms with Crippen LogP contribution < -0.4 is 0 Å². The van der Waals surface area contributed by atoms with Crippen molar-refractivity contribution in [2.24, 2.45) is 9.98 Å². The van der Waals surface area contributed by atoms with Crippen molar-refractivity contribution in [1.82, 2.24) is 4.98 Å². The normalized spacial score (nSPS) is 12.9. The summed E-state index contributed by atoms with van der Waals surface area (Å²) >= 11 is 0. The Labute approximate surface area is 241 Å². The van der Waals surface area contributed by atoms with Crippen molar-refractivity contribution in [2.75, 3.05) is 0 Å². The topological polar surface area (TPSA) is 37.6 Å². The molecule has 0 aliphatic rings. The van der Waals surface area contributed by atoms with E-state index in [1.54, 1.807) is 0 Å². The molecule has 4 aromatic rings. The number of benzene rings is 3. The summed E-state index contributed by atoms with van der Waals surface area (Å²) in [6.07, 6.45) is 0. The van der Waals surface area contributed by atoms with Crippen LogP contribution in [0, 0.1) is 0 Å². The van der Waals surface area contributed by atoms with E-state index in [-0.39, 0.29) is 0 Å². The lowest BCUT2D eigenvalue weighted by Gasteiger charge is -2.18. The molecule has 4 rings (SSSR count). The molecule has 3 nitrogen and oxygen atoms in total. The molecular weight excluding hydrogens is 486 g/mol. The summed E-state index contributed by atoms with van der Waals surface area (Å²) in [6.45, 7) is 22.1. The second-order valence-electron chi connectivity index (χ2n) is 12.2. The molecule has 0 aliphatic carbocycles. The van der Waals surface area contributed by atoms with Crippen LogP contribution in [0.15, 0.2) is 76.7 Å². The molecule has 0 saturated carbocycles. The van der Waals surface area contributed by atoms with Crippen LogP contribution in [0.3, 0.4) is 0 Å². The van der Waals surface area contributed by atoms with Gasteiger partial charge in [0.2, 0.25) is 0 Å². The molecule has 0 bridgehead atoms. The fourth-order valence-electron chi connectivity index (χ4n) is 5.38. The van der Waals surface area contributed by atoms with Gasteiger partial charge in [0.05, 0.1) is 28.3 Å². The van der Waals surface area contributed by atoms with Crippen LogP contribution in [-0.4, -0.2) is 16.4 Å². The minimum Gasteiger partial charge on any atom is -0.252 e. The maximum absolute atomic E-state index is 5.27. The molecule has 1 heterocycles. The first-order chi connectivity index (χ1) is 19.0. The van der Waals surface area contributed by atoms with Gasteiger partial charge in [0.25, 0.3) is 0 Å². The van der Waals surface area contributed by atoms with Crippen LogP contribution in [0.5, 0.6) is 0 Å². The molecule has 0 aliphatic heterocycles. The third kappa shape index (κ3) is 6.09. The Morgan fingerprint density at radius 2 is 0.950 bits per heavy atom. The monoisotopic (exact) mass is 531 g/mol. The van der Waals surface area contributed by atoms with Crippen molar-refractivity contribution < 1.29 is 0 Å². The van der Waals surface area contributed by atoms with E-state index >= 15 is 0 Å². The van der Waals surface area contributed by atoms with Gasteiger partial charge in [-0.3, -0.25) is 9.98 Å². The number of aliphatic imine (C=N–C) groups is 2. The molecule has 0 unspecified atom stereocenters. The summed E-state index contributed by atoms with van der Waals surface area (Å²) < 4.78 is 0. The van der Waals surface area contributed by atoms with E-state index in [0.717, 1.165) is 45.0 Å². The lowest BCUT2D eigenvalue weighted by atomic mass is 9.92. The first-order valence-corrected chi connectivity index (χ1v) is 14.8. The predicted molar refractivity (Wildman–Crippen MR) is 175 cm³/mol. The molecule has 3 aromatic carbocycles. The van der Waals surface area contributed by atoms with Gasteiger partial charge in [0.15, 0.2) is 0 Å². The molecule has 0 fully saturated rings. The largest absolute Gasteiger partial charge is 0.252 e. The Bertz CT molecular complexity index is 1520. The third-order valence-corrected chi connectivity index (χ3v) is 7.72. The van der Waals surface area contributed by atoms with Crippen molar-refractivity contribution in [3.63, 3.8) is 0 Å². The second-order valence-corrected chi connectivity index (χ2v) is 12.2. The van der Waals surface area contributed by atoms with Gasteiger partial charge >= 0.3 is 0 Å². The van der Waals surface area contributed by atoms with Gasteiger partial charge < -0.3 is 0 Å². The lowest BCUT2D eigenvalue weighted by molar-refractivity contribution is 0.834. The molecule has 0 saturated heterocycles. The van der Waals surface area contributed by atoms with E-state index in [2.05, 4.69) is 136 Å². The van der Waals surface area contributed by atoms with E-state index in [1.807, 2.05) is 0 Å². The number of fused-ring (bicyclic) bond motifs is 1. The standard InChI is InChI=1S/C37H45N3/c1-22(2)29-15-12-16-30(23(3)4)36(29)38-26(9)33-19-11-14-28-20-21-34(40-35(28)33)27(10)39-37-31(24(5)6)17-13-18-32(37)25(7)8/h11-25H,1-10H3. The maximum atomic E-state index is 5.27. The fraction of sp³-hybridized carbons (Fsp3) is 0.378. The van der Waals surface area contributed by atoms with Gasteiger partial charge in [-0.25, -0.2) is 4.98 Å². The van der Waals surface area contributed by atoms with Crippen molar-refractivity contribution in [3.05, 3.63) is 100 Å². The van der Waals surface area contributed by atoms with Crippen LogP contribution in [0.1, 0.15) is 126 Å². The molecule has 40 heavy (non-hydrogen) atoms. The zero-order valence-corrected chi connectivity index (χ0v) is 26.0. The molecule has 3 heteroatoms. The molecule has 1 aromatic heterocycles. The summed E-state index contributed by atoms with van der Waals surface area (Å²) in [7, 11) is 0. The molecule has 0 atom stereocenters. The van der Waals surface area contributed by atoms with Gasteiger partial charge in [0, 0.05) is 16.7 Å². The Kier molecular flexibility index (Phi) is 9.03. The number of para-hydroxylation sites is 3. The smallest absolute Gasteiger partial charge is 0.0849 e. The zero-order chi connectivity index (χ0) is 29.1. The van der Waals surface area contributed by atoms with E-state index in [4.69, 9.17) is 15.0 Å². The van der Waals surface area contributed by atoms with E-state index in [1.165, 1.54) is 22.3 Å². The maximum Gasteiger partial charge on any atom is 0.0849 e. The van der Waals surface area contributed by atoms with Gasteiger partial charge in [-0.1, -0.05) is 116 Å². The van der Waals surface area contributed by atoms with Crippen molar-refractivity contribution in [1.29, 1.82) is 0 Å². The molecule has 0 N–H and O–H groups in total. The highest BCUT2D eigenvalue weighted by atomic mass is 14.8. The van der Waals surface area contributed by atoms with Gasteiger partial charge in [-0.2, -0.15) is 0 Å². The second kappa shape index (κ2) is 12.3. The van der Waals surface area contributed by atoms with Crippen LogP contribution >= 0.6 is 0 Å². The number of aromatic nitrogens is 1. The molecule has 0 radical (unpaired) electrons. The third-order valence-electron chi connectivity index (χ3n) is 7.72. The summed E-state index contributed by atoms with van der Waals surface area (Å²) in [4.78, 5) is 15.7. The first kappa shape index (κ1) is 29.4. The molecule has 0 spiro atoms. The molecule has 208 valence electrons. The quantitative estimate of drug-likeness (QED) is 0.208. The van der Waals surface area contributed by atoms with E-state index in [0.29, 0.717) is 23.7 Å². The Morgan fingerprint density at radius 3 is 1.40 bits per heavy atom. The number of hydrogen-bond donors (Lipinski definition) is 0. The number of rotatable bonds is 8. The number of hydrogen-bond acceptors (Lipinski definition) is 3. The summed E-state index contributed by atoms with van der Waals surface area (Å²) in [5.74, 6) is 1.58. The highest BCUT2D eigenvalue weighted by molar-refractivity contribution is 6.10. The fourth-order valence-corrected chi connectivity index (χ4v) is 5.38. The SMILES string of the molecule is CC(=Nc1c(C(C)C)cccc1C(C)C)c1ccc2cccc(C(C)=Nc3c(C(C)C)cccc3C(C)C)c2n1. The summed E-state index contributed by atoms with van der Waals surface area (Å²) in [6, 6.07) is 23.8. The Hall–Kier alpha value is -3.59. The summed E-state index contributed by atoms with van der Waals surface area (Å²) in [5, 5.41) is 1.11. The van der Waals surface area contributed by atoms with Crippen molar-refractivity contribution in [2.45, 2.75) is 92.9 Å². The van der Waals surface area contributed by atoms with Crippen LogP contribution in [0.4, 0.5) is 11.4 Å². The van der Waals surface area contributed by atoms with E-state index in [9.17, 15) is 0 Å². The Balaban J connectivity index is 1.87. The average Bonchev–Trinajstić information content (AvgIpc) is 2.91. The number of pyridine rings is 1. The first-order valence-electron chi connectivity index (χ1n) is 14.8. The highest BCUT2D eigenvalue weighted by Crippen LogP contribution is 2.37. The van der Waals surface area contributed by atoms with Gasteiger partial charge in [0.1, 0.15) is 0 Å². The van der Waals surface area contributed by atoms with Gasteiger partial charge in [-0.05, 0) is 65.8 Å². The van der Waals surface area contributed by atoms with Crippen LogP contribution in [0.25, 0.3) is 10.9 Å². The average molecular weight is 532 g/mol. The van der Waals surface area contributed by atoms with Crippen LogP contribution in [0.2, 0.25) is 0 Å².